The Balaban J connectivity index is 3.24. The molecule has 7 heteroatoms. The van der Waals surface area contributed by atoms with Crippen LogP contribution in [0.3, 0.4) is 0 Å². The van der Waals surface area contributed by atoms with Crippen molar-refractivity contribution in [3.05, 3.63) is 29.8 Å². The molecule has 1 unspecified atom stereocenters. The summed E-state index contributed by atoms with van der Waals surface area (Å²) in [5.41, 5.74) is -1.50. The van der Waals surface area contributed by atoms with Crippen molar-refractivity contribution in [2.45, 2.75) is 19.1 Å². The Morgan fingerprint density at radius 1 is 1.53 bits per heavy atom. The average Bonchev–Trinajstić information content (AvgIpc) is 2.36. The second-order valence-corrected chi connectivity index (χ2v) is 4.00. The zero-order valence-electron chi connectivity index (χ0n) is 10.3. The van der Waals surface area contributed by atoms with Crippen LogP contribution in [-0.2, 0) is 15.1 Å². The van der Waals surface area contributed by atoms with E-state index in [1.54, 1.807) is 0 Å². The van der Waals surface area contributed by atoms with Gasteiger partial charge in [0.1, 0.15) is 5.75 Å². The maximum Gasteiger partial charge on any atom is 0.387 e. The molecule has 0 aliphatic carbocycles. The molecule has 0 saturated heterocycles. The summed E-state index contributed by atoms with van der Waals surface area (Å²) in [5.74, 6) is -1.45. The van der Waals surface area contributed by atoms with Crippen molar-refractivity contribution in [3.63, 3.8) is 0 Å². The first kappa shape index (κ1) is 14.9. The summed E-state index contributed by atoms with van der Waals surface area (Å²) in [6.45, 7) is -1.71. The van der Waals surface area contributed by atoms with Crippen LogP contribution in [0.2, 0.25) is 0 Å². The molecule has 1 amide bonds. The Bertz CT molecular complexity index is 481. The molecular formula is C12H13F2NO4. The predicted molar refractivity (Wildman–Crippen MR) is 61.9 cm³/mol. The number of carboxylic acid groups (broad SMARTS) is 1. The lowest BCUT2D eigenvalue weighted by Gasteiger charge is -2.32. The minimum absolute atomic E-state index is 0.160. The summed E-state index contributed by atoms with van der Waals surface area (Å²) in [6.07, 6.45) is 0.356. The van der Waals surface area contributed by atoms with Crippen molar-refractivity contribution in [1.82, 2.24) is 4.90 Å². The smallest absolute Gasteiger partial charge is 0.387 e. The number of carboxylic acids is 1. The van der Waals surface area contributed by atoms with E-state index in [2.05, 4.69) is 4.74 Å². The fourth-order valence-corrected chi connectivity index (χ4v) is 1.56. The highest BCUT2D eigenvalue weighted by molar-refractivity contribution is 5.82. The highest BCUT2D eigenvalue weighted by atomic mass is 19.3. The largest absolute Gasteiger partial charge is 0.479 e. The number of alkyl halides is 2. The van der Waals surface area contributed by atoms with E-state index < -0.39 is 18.1 Å². The summed E-state index contributed by atoms with van der Waals surface area (Å²) < 4.78 is 28.5. The lowest BCUT2D eigenvalue weighted by molar-refractivity contribution is -0.153. The number of carbonyl (C=O) groups excluding carboxylic acids is 1. The van der Waals surface area contributed by atoms with Gasteiger partial charge in [-0.25, -0.2) is 4.79 Å². The molecular weight excluding hydrogens is 260 g/mol. The van der Waals surface area contributed by atoms with E-state index in [0.717, 1.165) is 4.90 Å². The zero-order chi connectivity index (χ0) is 14.6. The molecule has 0 aromatic heterocycles. The zero-order valence-corrected chi connectivity index (χ0v) is 10.3. The van der Waals surface area contributed by atoms with Gasteiger partial charge >= 0.3 is 12.6 Å². The fraction of sp³-hybridized carbons (Fsp3) is 0.333. The quantitative estimate of drug-likeness (QED) is 0.801. The Labute approximate surface area is 108 Å². The minimum Gasteiger partial charge on any atom is -0.479 e. The molecule has 1 N–H and O–H groups in total. The Morgan fingerprint density at radius 2 is 2.16 bits per heavy atom. The van der Waals surface area contributed by atoms with Crippen molar-refractivity contribution in [3.8, 4) is 5.75 Å². The topological polar surface area (TPSA) is 66.8 Å². The van der Waals surface area contributed by atoms with E-state index in [1.807, 2.05) is 0 Å². The predicted octanol–water partition coefficient (Wildman–Crippen LogP) is 1.68. The van der Waals surface area contributed by atoms with Crippen molar-refractivity contribution in [1.29, 1.82) is 0 Å². The van der Waals surface area contributed by atoms with Crippen LogP contribution < -0.4 is 4.74 Å². The number of rotatable bonds is 6. The summed E-state index contributed by atoms with van der Waals surface area (Å²) in [6, 6.07) is 5.25. The third kappa shape index (κ3) is 2.98. The number of benzene rings is 1. The summed E-state index contributed by atoms with van der Waals surface area (Å²) in [5, 5.41) is 9.27. The second-order valence-electron chi connectivity index (χ2n) is 4.00. The van der Waals surface area contributed by atoms with Crippen LogP contribution in [0.1, 0.15) is 12.5 Å². The molecule has 0 heterocycles. The summed E-state index contributed by atoms with van der Waals surface area (Å²) >= 11 is 0. The molecule has 104 valence electrons. The van der Waals surface area contributed by atoms with Gasteiger partial charge in [0.05, 0.1) is 0 Å². The number of aliphatic carboxylic acids is 1. The fourth-order valence-electron chi connectivity index (χ4n) is 1.56. The normalized spacial score (nSPS) is 13.7. The second kappa shape index (κ2) is 5.64. The molecule has 5 nitrogen and oxygen atoms in total. The molecule has 1 rings (SSSR count). The third-order valence-electron chi connectivity index (χ3n) is 2.90. The van der Waals surface area contributed by atoms with Crippen molar-refractivity contribution in [2.75, 3.05) is 7.05 Å². The molecule has 0 bridgehead atoms. The number of likely N-dealkylation sites (N-methyl/N-ethyl adjacent to an activating group) is 1. The molecule has 0 saturated carbocycles. The number of carbonyl (C=O) groups is 2. The molecule has 0 aliphatic rings. The van der Waals surface area contributed by atoms with Gasteiger partial charge in [0.15, 0.2) is 5.54 Å². The van der Waals surface area contributed by atoms with Crippen LogP contribution in [0.25, 0.3) is 0 Å². The Kier molecular flexibility index (Phi) is 4.42. The summed E-state index contributed by atoms with van der Waals surface area (Å²) in [7, 11) is 1.29. The first-order valence-corrected chi connectivity index (χ1v) is 5.29. The first-order chi connectivity index (χ1) is 8.82. The van der Waals surface area contributed by atoms with Gasteiger partial charge in [-0.05, 0) is 24.6 Å². The van der Waals surface area contributed by atoms with E-state index in [9.17, 15) is 23.5 Å². The van der Waals surface area contributed by atoms with E-state index in [4.69, 9.17) is 0 Å². The monoisotopic (exact) mass is 273 g/mol. The number of hydrogen-bond donors (Lipinski definition) is 1. The number of amides is 1. The van der Waals surface area contributed by atoms with Gasteiger partial charge in [-0.2, -0.15) is 8.78 Å². The SMILES string of the molecule is CN(C=O)C(C)(C(=O)O)c1cccc(OC(F)F)c1. The van der Waals surface area contributed by atoms with E-state index in [1.165, 1.54) is 38.2 Å². The van der Waals surface area contributed by atoms with Gasteiger partial charge in [-0.1, -0.05) is 12.1 Å². The Hall–Kier alpha value is -2.18. The molecule has 0 spiro atoms. The molecule has 0 radical (unpaired) electrons. The average molecular weight is 273 g/mol. The van der Waals surface area contributed by atoms with Gasteiger partial charge < -0.3 is 14.7 Å². The van der Waals surface area contributed by atoms with Crippen LogP contribution >= 0.6 is 0 Å². The van der Waals surface area contributed by atoms with Gasteiger partial charge in [-0.3, -0.25) is 4.79 Å². The summed E-state index contributed by atoms with van der Waals surface area (Å²) in [4.78, 5) is 23.1. The van der Waals surface area contributed by atoms with Crippen molar-refractivity contribution >= 4 is 12.4 Å². The Morgan fingerprint density at radius 3 is 2.63 bits per heavy atom. The third-order valence-corrected chi connectivity index (χ3v) is 2.90. The van der Waals surface area contributed by atoms with Gasteiger partial charge in [0.25, 0.3) is 0 Å². The molecule has 19 heavy (non-hydrogen) atoms. The molecule has 1 aromatic carbocycles. The minimum atomic E-state index is -3.00. The van der Waals surface area contributed by atoms with Gasteiger partial charge in [-0.15, -0.1) is 0 Å². The van der Waals surface area contributed by atoms with Crippen LogP contribution in [-0.4, -0.2) is 36.0 Å². The molecule has 1 atom stereocenters. The van der Waals surface area contributed by atoms with Crippen LogP contribution in [0.5, 0.6) is 5.75 Å². The maximum absolute atomic E-state index is 12.1. The van der Waals surface area contributed by atoms with E-state index in [0.29, 0.717) is 6.41 Å². The van der Waals surface area contributed by atoms with Gasteiger partial charge in [0.2, 0.25) is 6.41 Å². The standard InChI is InChI=1S/C12H13F2NO4/c1-12(10(17)18,15(2)7-16)8-4-3-5-9(6-8)19-11(13)14/h3-7,11H,1-2H3,(H,17,18). The molecule has 0 fully saturated rings. The van der Waals surface area contributed by atoms with Gasteiger partial charge in [0, 0.05) is 7.05 Å². The number of hydrogen-bond acceptors (Lipinski definition) is 3. The highest BCUT2D eigenvalue weighted by Gasteiger charge is 2.39. The van der Waals surface area contributed by atoms with E-state index >= 15 is 0 Å². The van der Waals surface area contributed by atoms with Crippen LogP contribution in [0.4, 0.5) is 8.78 Å². The lowest BCUT2D eigenvalue weighted by Crippen LogP contribution is -2.47. The number of ether oxygens (including phenoxy) is 1. The van der Waals surface area contributed by atoms with Crippen LogP contribution in [0.15, 0.2) is 24.3 Å². The van der Waals surface area contributed by atoms with Crippen molar-refractivity contribution in [2.24, 2.45) is 0 Å². The maximum atomic E-state index is 12.1. The van der Waals surface area contributed by atoms with Crippen LogP contribution in [0, 0.1) is 0 Å². The molecule has 1 aromatic rings. The van der Waals surface area contributed by atoms with E-state index in [-0.39, 0.29) is 11.3 Å². The number of halogens is 2. The highest BCUT2D eigenvalue weighted by Crippen LogP contribution is 2.29. The lowest BCUT2D eigenvalue weighted by atomic mass is 9.90. The number of nitrogens with zero attached hydrogens (tertiary/aromatic N) is 1. The molecule has 0 aliphatic heterocycles. The van der Waals surface area contributed by atoms with Crippen molar-refractivity contribution < 1.29 is 28.2 Å². The first-order valence-electron chi connectivity index (χ1n) is 5.29.